The van der Waals surface area contributed by atoms with Crippen molar-refractivity contribution in [3.8, 4) is 0 Å². The Labute approximate surface area is 184 Å². The molecular formula is C22H31N5O3S. The number of aryl methyl sites for hydroxylation is 1. The Kier molecular flexibility index (Phi) is 7.74. The second kappa shape index (κ2) is 10.3. The highest BCUT2D eigenvalue weighted by atomic mass is 32.2. The molecule has 1 N–H and O–H groups in total. The summed E-state index contributed by atoms with van der Waals surface area (Å²) < 4.78 is 29.6. The van der Waals surface area contributed by atoms with E-state index in [2.05, 4.69) is 15.3 Å². The number of aromatic nitrogens is 2. The minimum Gasteiger partial charge on any atom is -0.348 e. The number of benzene rings is 1. The number of rotatable bonds is 8. The molecule has 9 heteroatoms. The Morgan fingerprint density at radius 2 is 1.90 bits per heavy atom. The molecule has 0 bridgehead atoms. The van der Waals surface area contributed by atoms with Crippen LogP contribution in [-0.4, -0.2) is 52.5 Å². The molecule has 31 heavy (non-hydrogen) atoms. The molecule has 0 radical (unpaired) electrons. The van der Waals surface area contributed by atoms with E-state index in [0.29, 0.717) is 49.7 Å². The molecule has 1 aromatic carbocycles. The maximum Gasteiger partial charge on any atom is 0.282 e. The van der Waals surface area contributed by atoms with E-state index in [1.54, 1.807) is 6.92 Å². The van der Waals surface area contributed by atoms with E-state index in [9.17, 15) is 13.2 Å². The first-order valence-electron chi connectivity index (χ1n) is 10.8. The minimum absolute atomic E-state index is 0.301. The van der Waals surface area contributed by atoms with Gasteiger partial charge in [-0.15, -0.1) is 0 Å². The molecule has 1 unspecified atom stereocenters. The molecule has 2 aromatic rings. The van der Waals surface area contributed by atoms with Gasteiger partial charge in [0.1, 0.15) is 5.82 Å². The van der Waals surface area contributed by atoms with E-state index < -0.39 is 16.3 Å². The van der Waals surface area contributed by atoms with Crippen molar-refractivity contribution < 1.29 is 13.2 Å². The van der Waals surface area contributed by atoms with Gasteiger partial charge in [-0.05, 0) is 25.3 Å². The normalized spacial score (nSPS) is 17.6. The summed E-state index contributed by atoms with van der Waals surface area (Å²) in [6, 6.07) is 9.14. The first-order valence-corrected chi connectivity index (χ1v) is 12.2. The Hall–Kier alpha value is -2.36. The summed E-state index contributed by atoms with van der Waals surface area (Å²) in [6.45, 7) is 7.00. The van der Waals surface area contributed by atoms with E-state index in [1.807, 2.05) is 44.2 Å². The van der Waals surface area contributed by atoms with Crippen LogP contribution in [0.2, 0.25) is 0 Å². The van der Waals surface area contributed by atoms with E-state index in [4.69, 9.17) is 0 Å². The van der Waals surface area contributed by atoms with Gasteiger partial charge in [0.05, 0.1) is 17.3 Å². The number of hydrogen-bond donors (Lipinski definition) is 1. The van der Waals surface area contributed by atoms with Crippen molar-refractivity contribution in [2.45, 2.75) is 52.6 Å². The number of nitrogens with zero attached hydrogens (tertiary/aromatic N) is 4. The van der Waals surface area contributed by atoms with Crippen LogP contribution in [0.15, 0.2) is 36.5 Å². The van der Waals surface area contributed by atoms with Crippen molar-refractivity contribution in [3.63, 3.8) is 0 Å². The quantitative estimate of drug-likeness (QED) is 0.674. The van der Waals surface area contributed by atoms with Gasteiger partial charge in [0.2, 0.25) is 0 Å². The van der Waals surface area contributed by atoms with Crippen LogP contribution in [-0.2, 0) is 16.8 Å². The monoisotopic (exact) mass is 445 g/mol. The molecule has 1 saturated heterocycles. The third-order valence-electron chi connectivity index (χ3n) is 5.58. The Morgan fingerprint density at radius 1 is 1.19 bits per heavy atom. The zero-order valence-corrected chi connectivity index (χ0v) is 19.2. The Bertz CT molecular complexity index is 993. The largest absolute Gasteiger partial charge is 0.348 e. The van der Waals surface area contributed by atoms with Crippen LogP contribution < -0.4 is 5.32 Å². The third-order valence-corrected chi connectivity index (χ3v) is 7.78. The summed E-state index contributed by atoms with van der Waals surface area (Å²) in [6.07, 6.45) is 3.80. The van der Waals surface area contributed by atoms with Crippen molar-refractivity contribution in [2.24, 2.45) is 0 Å². The van der Waals surface area contributed by atoms with E-state index in [-0.39, 0.29) is 5.91 Å². The second-order valence-electron chi connectivity index (χ2n) is 7.60. The predicted octanol–water partition coefficient (Wildman–Crippen LogP) is 2.83. The lowest BCUT2D eigenvalue weighted by Crippen LogP contribution is -2.47. The maximum atomic E-state index is 13.3. The van der Waals surface area contributed by atoms with Crippen LogP contribution in [0.3, 0.4) is 0 Å². The van der Waals surface area contributed by atoms with Crippen LogP contribution in [0, 0.1) is 6.92 Å². The van der Waals surface area contributed by atoms with Gasteiger partial charge in [-0.25, -0.2) is 9.97 Å². The highest BCUT2D eigenvalue weighted by molar-refractivity contribution is 7.86. The first-order chi connectivity index (χ1) is 14.9. The average molecular weight is 446 g/mol. The molecule has 1 aliphatic heterocycles. The zero-order valence-electron chi connectivity index (χ0n) is 18.4. The Morgan fingerprint density at radius 3 is 2.58 bits per heavy atom. The van der Waals surface area contributed by atoms with Gasteiger partial charge in [0.25, 0.3) is 16.1 Å². The molecule has 2 heterocycles. The maximum absolute atomic E-state index is 13.3. The molecule has 8 nitrogen and oxygen atoms in total. The summed E-state index contributed by atoms with van der Waals surface area (Å²) in [5.41, 5.74) is 1.79. The van der Waals surface area contributed by atoms with E-state index in [1.165, 1.54) is 14.8 Å². The smallest absolute Gasteiger partial charge is 0.282 e. The lowest BCUT2D eigenvalue weighted by molar-refractivity contribution is 0.0945. The zero-order chi connectivity index (χ0) is 22.4. The summed E-state index contributed by atoms with van der Waals surface area (Å²) in [7, 11) is -3.66. The van der Waals surface area contributed by atoms with Gasteiger partial charge < -0.3 is 5.32 Å². The molecule has 1 fully saturated rings. The van der Waals surface area contributed by atoms with Gasteiger partial charge in [0, 0.05) is 32.4 Å². The number of piperidine rings is 1. The topological polar surface area (TPSA) is 95.5 Å². The molecule has 0 spiro atoms. The number of hydrogen-bond acceptors (Lipinski definition) is 5. The number of carbonyl (C=O) groups excluding carboxylic acids is 1. The molecule has 1 aliphatic rings. The van der Waals surface area contributed by atoms with Gasteiger partial charge >= 0.3 is 0 Å². The van der Waals surface area contributed by atoms with Crippen LogP contribution in [0.4, 0.5) is 0 Å². The van der Waals surface area contributed by atoms with Crippen molar-refractivity contribution in [1.29, 1.82) is 0 Å². The summed E-state index contributed by atoms with van der Waals surface area (Å²) in [5.74, 6) is 0.213. The highest BCUT2D eigenvalue weighted by Gasteiger charge is 2.38. The molecule has 0 saturated carbocycles. The molecule has 1 aromatic heterocycles. The molecule has 1 atom stereocenters. The molecule has 3 rings (SSSR count). The number of nitrogens with one attached hydrogen (secondary N) is 1. The van der Waals surface area contributed by atoms with Crippen molar-refractivity contribution in [1.82, 2.24) is 23.9 Å². The average Bonchev–Trinajstić information content (AvgIpc) is 2.78. The third kappa shape index (κ3) is 5.28. The molecule has 168 valence electrons. The number of carbonyl (C=O) groups is 1. The van der Waals surface area contributed by atoms with Gasteiger partial charge in [-0.1, -0.05) is 50.6 Å². The van der Waals surface area contributed by atoms with Crippen LogP contribution in [0.25, 0.3) is 0 Å². The highest BCUT2D eigenvalue weighted by Crippen LogP contribution is 2.34. The number of amides is 1. The molecular weight excluding hydrogens is 414 g/mol. The first kappa shape index (κ1) is 23.3. The van der Waals surface area contributed by atoms with E-state index in [0.717, 1.165) is 18.4 Å². The Balaban J connectivity index is 1.93. The van der Waals surface area contributed by atoms with E-state index >= 15 is 0 Å². The van der Waals surface area contributed by atoms with Crippen LogP contribution in [0.1, 0.15) is 66.6 Å². The fraction of sp³-hybridized carbons (Fsp3) is 0.500. The van der Waals surface area contributed by atoms with Crippen molar-refractivity contribution in [2.75, 3.05) is 19.6 Å². The van der Waals surface area contributed by atoms with Crippen molar-refractivity contribution in [3.05, 3.63) is 59.2 Å². The predicted molar refractivity (Wildman–Crippen MR) is 120 cm³/mol. The SMILES string of the molecule is CCN(CC)S(=O)(=O)N1CCCCC1c1nc(C)ncc1C(=O)NCc1ccccc1. The molecule has 1 amide bonds. The van der Waals surface area contributed by atoms with Gasteiger partial charge in [-0.3, -0.25) is 4.79 Å². The summed E-state index contributed by atoms with van der Waals surface area (Å²) in [5, 5.41) is 2.92. The summed E-state index contributed by atoms with van der Waals surface area (Å²) in [4.78, 5) is 21.8. The standard InChI is InChI=1S/C22H31N5O3S/c1-4-26(5-2)31(29,30)27-14-10-9-13-20(27)21-19(16-23-17(3)25-21)22(28)24-15-18-11-7-6-8-12-18/h6-8,11-12,16,20H,4-5,9-10,13-15H2,1-3H3,(H,24,28). The van der Waals surface area contributed by atoms with Crippen LogP contribution in [0.5, 0.6) is 0 Å². The minimum atomic E-state index is -3.66. The van der Waals surface area contributed by atoms with Crippen LogP contribution >= 0.6 is 0 Å². The lowest BCUT2D eigenvalue weighted by atomic mass is 9.98. The van der Waals surface area contributed by atoms with Crippen molar-refractivity contribution >= 4 is 16.1 Å². The van der Waals surface area contributed by atoms with Gasteiger partial charge in [0.15, 0.2) is 0 Å². The molecule has 0 aliphatic carbocycles. The van der Waals surface area contributed by atoms with Gasteiger partial charge in [-0.2, -0.15) is 17.0 Å². The lowest BCUT2D eigenvalue weighted by Gasteiger charge is -2.37. The fourth-order valence-electron chi connectivity index (χ4n) is 3.94. The summed E-state index contributed by atoms with van der Waals surface area (Å²) >= 11 is 0. The second-order valence-corrected chi connectivity index (χ2v) is 9.48. The fourth-order valence-corrected chi connectivity index (χ4v) is 5.78.